The van der Waals surface area contributed by atoms with Gasteiger partial charge in [-0.3, -0.25) is 14.5 Å². The molecule has 2 saturated heterocycles. The van der Waals surface area contributed by atoms with E-state index in [0.29, 0.717) is 37.8 Å². The molecule has 28 heavy (non-hydrogen) atoms. The van der Waals surface area contributed by atoms with Crippen LogP contribution in [0.15, 0.2) is 0 Å². The molecule has 1 atom stereocenters. The number of rotatable bonds is 6. The van der Waals surface area contributed by atoms with E-state index in [9.17, 15) is 14.4 Å². The van der Waals surface area contributed by atoms with Crippen LogP contribution in [0.1, 0.15) is 59.3 Å². The molecule has 3 rings (SSSR count). The second-order valence-corrected chi connectivity index (χ2v) is 9.57. The van der Waals surface area contributed by atoms with Gasteiger partial charge in [0.05, 0.1) is 0 Å². The highest BCUT2D eigenvalue weighted by atomic mass is 16.2. The van der Waals surface area contributed by atoms with E-state index in [2.05, 4.69) is 31.4 Å². The van der Waals surface area contributed by atoms with Crippen molar-refractivity contribution in [2.45, 2.75) is 64.8 Å². The number of hydrogen-bond acceptors (Lipinski definition) is 4. The maximum Gasteiger partial charge on any atom is 0.325 e. The summed E-state index contributed by atoms with van der Waals surface area (Å²) in [5.41, 5.74) is -0.542. The van der Waals surface area contributed by atoms with Gasteiger partial charge in [-0.05, 0) is 62.9 Å². The highest BCUT2D eigenvalue weighted by Gasteiger charge is 2.54. The molecule has 2 heterocycles. The molecule has 3 aliphatic rings. The Kier molecular flexibility index (Phi) is 6.03. The first-order chi connectivity index (χ1) is 13.2. The molecule has 3 fully saturated rings. The minimum absolute atomic E-state index is 0.125. The van der Waals surface area contributed by atoms with Gasteiger partial charge in [0.2, 0.25) is 5.91 Å². The standard InChI is InChI=1S/C21H36N4O3/c1-5-20(2,3)16-6-9-21(10-7-16)18(27)25(19(28)23-21)14-17(26)24-11-8-15(13-24)12-22-4/h15-16,22H,5-14H2,1-4H3,(H,23,28). The van der Waals surface area contributed by atoms with Gasteiger partial charge in [0.25, 0.3) is 5.91 Å². The van der Waals surface area contributed by atoms with Crippen molar-refractivity contribution in [2.75, 3.05) is 33.2 Å². The number of likely N-dealkylation sites (tertiary alicyclic amines) is 1. The highest BCUT2D eigenvalue weighted by molar-refractivity contribution is 6.09. The van der Waals surface area contributed by atoms with Gasteiger partial charge in [-0.2, -0.15) is 0 Å². The van der Waals surface area contributed by atoms with Crippen LogP contribution in [0.5, 0.6) is 0 Å². The number of carbonyl (C=O) groups is 3. The lowest BCUT2D eigenvalue weighted by atomic mass is 9.65. The van der Waals surface area contributed by atoms with Crippen LogP contribution >= 0.6 is 0 Å². The summed E-state index contributed by atoms with van der Waals surface area (Å²) in [6.45, 7) is 8.92. The minimum Gasteiger partial charge on any atom is -0.341 e. The van der Waals surface area contributed by atoms with E-state index in [0.717, 1.165) is 37.1 Å². The van der Waals surface area contributed by atoms with E-state index in [-0.39, 0.29) is 23.8 Å². The van der Waals surface area contributed by atoms with E-state index in [1.165, 1.54) is 0 Å². The van der Waals surface area contributed by atoms with Crippen LogP contribution in [0.3, 0.4) is 0 Å². The lowest BCUT2D eigenvalue weighted by molar-refractivity contribution is -0.139. The number of amides is 4. The second kappa shape index (κ2) is 8.01. The molecule has 7 heteroatoms. The molecule has 0 aromatic rings. The molecule has 4 amide bonds. The Labute approximate surface area is 168 Å². The van der Waals surface area contributed by atoms with Gasteiger partial charge < -0.3 is 15.5 Å². The third kappa shape index (κ3) is 3.91. The smallest absolute Gasteiger partial charge is 0.325 e. The van der Waals surface area contributed by atoms with Crippen LogP contribution in [-0.2, 0) is 9.59 Å². The predicted molar refractivity (Wildman–Crippen MR) is 108 cm³/mol. The highest BCUT2D eigenvalue weighted by Crippen LogP contribution is 2.45. The van der Waals surface area contributed by atoms with Crippen molar-refractivity contribution in [1.82, 2.24) is 20.4 Å². The molecule has 2 N–H and O–H groups in total. The molecule has 1 unspecified atom stereocenters. The topological polar surface area (TPSA) is 81.8 Å². The van der Waals surface area contributed by atoms with Crippen molar-refractivity contribution in [1.29, 1.82) is 0 Å². The largest absolute Gasteiger partial charge is 0.341 e. The van der Waals surface area contributed by atoms with E-state index in [1.54, 1.807) is 4.90 Å². The molecule has 0 aromatic carbocycles. The van der Waals surface area contributed by atoms with Crippen molar-refractivity contribution in [3.05, 3.63) is 0 Å². The molecule has 2 aliphatic heterocycles. The third-order valence-electron chi connectivity index (χ3n) is 7.53. The lowest BCUT2D eigenvalue weighted by Crippen LogP contribution is -2.51. The van der Waals surface area contributed by atoms with Crippen molar-refractivity contribution >= 4 is 17.8 Å². The van der Waals surface area contributed by atoms with E-state index < -0.39 is 11.6 Å². The fraction of sp³-hybridized carbons (Fsp3) is 0.857. The fourth-order valence-electron chi connectivity index (χ4n) is 5.09. The Balaban J connectivity index is 1.59. The molecule has 1 saturated carbocycles. The van der Waals surface area contributed by atoms with Crippen molar-refractivity contribution in [2.24, 2.45) is 17.3 Å². The number of imide groups is 1. The Morgan fingerprint density at radius 1 is 1.25 bits per heavy atom. The summed E-state index contributed by atoms with van der Waals surface area (Å²) in [6.07, 6.45) is 5.29. The first-order valence-electron chi connectivity index (χ1n) is 10.8. The van der Waals surface area contributed by atoms with Gasteiger partial charge in [0, 0.05) is 13.1 Å². The van der Waals surface area contributed by atoms with Gasteiger partial charge in [-0.25, -0.2) is 4.79 Å². The van der Waals surface area contributed by atoms with E-state index in [1.807, 2.05) is 7.05 Å². The van der Waals surface area contributed by atoms with Gasteiger partial charge in [-0.15, -0.1) is 0 Å². The van der Waals surface area contributed by atoms with Gasteiger partial charge >= 0.3 is 6.03 Å². The number of nitrogens with one attached hydrogen (secondary N) is 2. The molecule has 0 bridgehead atoms. The Morgan fingerprint density at radius 3 is 2.54 bits per heavy atom. The summed E-state index contributed by atoms with van der Waals surface area (Å²) in [4.78, 5) is 41.2. The summed E-state index contributed by atoms with van der Waals surface area (Å²) in [7, 11) is 1.91. The molecule has 1 aliphatic carbocycles. The minimum atomic E-state index is -0.794. The SMILES string of the molecule is CCC(C)(C)C1CCC2(CC1)NC(=O)N(CC(=O)N1CCC(CNC)C1)C2=O. The molecular weight excluding hydrogens is 356 g/mol. The summed E-state index contributed by atoms with van der Waals surface area (Å²) < 4.78 is 0. The quantitative estimate of drug-likeness (QED) is 0.677. The van der Waals surface area contributed by atoms with E-state index in [4.69, 9.17) is 0 Å². The molecule has 0 aromatic heterocycles. The summed E-state index contributed by atoms with van der Waals surface area (Å²) >= 11 is 0. The van der Waals surface area contributed by atoms with Gasteiger partial charge in [-0.1, -0.05) is 27.2 Å². The maximum absolute atomic E-state index is 13.1. The molecule has 7 nitrogen and oxygen atoms in total. The van der Waals surface area contributed by atoms with Crippen LogP contribution in [-0.4, -0.2) is 66.4 Å². The van der Waals surface area contributed by atoms with Crippen LogP contribution in [0.25, 0.3) is 0 Å². The maximum atomic E-state index is 13.1. The number of carbonyl (C=O) groups excluding carboxylic acids is 3. The lowest BCUT2D eigenvalue weighted by Gasteiger charge is -2.42. The Bertz CT molecular complexity index is 625. The van der Waals surface area contributed by atoms with Crippen molar-refractivity contribution in [3.8, 4) is 0 Å². The first kappa shape index (κ1) is 21.1. The van der Waals surface area contributed by atoms with Gasteiger partial charge in [0.15, 0.2) is 0 Å². The summed E-state index contributed by atoms with van der Waals surface area (Å²) in [5, 5.41) is 6.09. The summed E-state index contributed by atoms with van der Waals surface area (Å²) in [6, 6.07) is -0.405. The number of urea groups is 1. The zero-order valence-corrected chi connectivity index (χ0v) is 17.8. The van der Waals surface area contributed by atoms with E-state index >= 15 is 0 Å². The average Bonchev–Trinajstić information content (AvgIpc) is 3.22. The molecular formula is C21H36N4O3. The fourth-order valence-corrected chi connectivity index (χ4v) is 5.09. The molecule has 0 radical (unpaired) electrons. The first-order valence-corrected chi connectivity index (χ1v) is 10.8. The Morgan fingerprint density at radius 2 is 1.93 bits per heavy atom. The third-order valence-corrected chi connectivity index (χ3v) is 7.53. The second-order valence-electron chi connectivity index (χ2n) is 9.57. The monoisotopic (exact) mass is 392 g/mol. The van der Waals surface area contributed by atoms with Crippen LogP contribution < -0.4 is 10.6 Å². The predicted octanol–water partition coefficient (Wildman–Crippen LogP) is 1.97. The van der Waals surface area contributed by atoms with Crippen molar-refractivity contribution < 1.29 is 14.4 Å². The zero-order chi connectivity index (χ0) is 20.5. The Hall–Kier alpha value is -1.63. The normalized spacial score (nSPS) is 31.0. The molecule has 1 spiro atoms. The van der Waals surface area contributed by atoms with Crippen LogP contribution in [0.4, 0.5) is 4.79 Å². The average molecular weight is 393 g/mol. The van der Waals surface area contributed by atoms with Crippen LogP contribution in [0, 0.1) is 17.3 Å². The number of hydrogen-bond donors (Lipinski definition) is 2. The summed E-state index contributed by atoms with van der Waals surface area (Å²) in [5.74, 6) is 0.683. The molecule has 158 valence electrons. The van der Waals surface area contributed by atoms with Gasteiger partial charge in [0.1, 0.15) is 12.1 Å². The van der Waals surface area contributed by atoms with Crippen LogP contribution in [0.2, 0.25) is 0 Å². The zero-order valence-electron chi connectivity index (χ0n) is 17.8. The number of nitrogens with zero attached hydrogens (tertiary/aromatic N) is 2. The van der Waals surface area contributed by atoms with Crippen molar-refractivity contribution in [3.63, 3.8) is 0 Å².